The zero-order valence-corrected chi connectivity index (χ0v) is 21.6. The van der Waals surface area contributed by atoms with E-state index in [2.05, 4.69) is 20.9 Å². The van der Waals surface area contributed by atoms with Crippen LogP contribution in [0.1, 0.15) is 58.8 Å². The third kappa shape index (κ3) is 14.6. The van der Waals surface area contributed by atoms with E-state index in [-0.39, 0.29) is 44.1 Å². The molecule has 4 unspecified atom stereocenters. The van der Waals surface area contributed by atoms with Crippen LogP contribution in [-0.2, 0) is 24.0 Å². The molecule has 0 saturated carbocycles. The highest BCUT2D eigenvalue weighted by atomic mass is 16.4. The van der Waals surface area contributed by atoms with Gasteiger partial charge in [-0.3, -0.25) is 24.2 Å². The van der Waals surface area contributed by atoms with Crippen LogP contribution in [0.3, 0.4) is 0 Å². The Kier molecular flexibility index (Phi) is 16.2. The number of nitrogens with zero attached hydrogens (tertiary/aromatic N) is 1. The van der Waals surface area contributed by atoms with Gasteiger partial charge in [0.05, 0.1) is 6.04 Å². The van der Waals surface area contributed by atoms with Gasteiger partial charge >= 0.3 is 5.97 Å². The largest absolute Gasteiger partial charge is 0.480 e. The number of carboxylic acid groups (broad SMARTS) is 1. The smallest absolute Gasteiger partial charge is 0.326 e. The van der Waals surface area contributed by atoms with Gasteiger partial charge in [-0.25, -0.2) is 4.79 Å². The summed E-state index contributed by atoms with van der Waals surface area (Å²) in [4.78, 5) is 65.3. The molecule has 0 bridgehead atoms. The molecule has 37 heavy (non-hydrogen) atoms. The van der Waals surface area contributed by atoms with E-state index in [0.29, 0.717) is 25.8 Å². The third-order valence-electron chi connectivity index (χ3n) is 5.47. The zero-order valence-electron chi connectivity index (χ0n) is 21.6. The van der Waals surface area contributed by atoms with Crippen LogP contribution in [0.2, 0.25) is 0 Å². The van der Waals surface area contributed by atoms with Gasteiger partial charge < -0.3 is 49.7 Å². The van der Waals surface area contributed by atoms with Crippen LogP contribution >= 0.6 is 0 Å². The molecular weight excluding hydrogens is 486 g/mol. The maximum absolute atomic E-state index is 13.1. The quantitative estimate of drug-likeness (QED) is 0.0463. The first kappa shape index (κ1) is 33.5. The molecule has 15 heteroatoms. The van der Waals surface area contributed by atoms with Crippen LogP contribution in [0, 0.1) is 5.92 Å². The molecule has 0 fully saturated rings. The van der Waals surface area contributed by atoms with Crippen LogP contribution in [0.4, 0.5) is 0 Å². The van der Waals surface area contributed by atoms with Crippen molar-refractivity contribution < 1.29 is 29.1 Å². The molecular formula is C22H43N9O6. The fourth-order valence-corrected chi connectivity index (χ4v) is 3.19. The number of unbranched alkanes of at least 4 members (excludes halogenated alkanes) is 1. The maximum atomic E-state index is 13.1. The highest BCUT2D eigenvalue weighted by molar-refractivity contribution is 5.94. The average molecular weight is 530 g/mol. The predicted molar refractivity (Wildman–Crippen MR) is 137 cm³/mol. The number of aliphatic carboxylic acids is 1. The van der Waals surface area contributed by atoms with Gasteiger partial charge in [-0.1, -0.05) is 13.8 Å². The summed E-state index contributed by atoms with van der Waals surface area (Å²) in [6.07, 6.45) is 1.16. The van der Waals surface area contributed by atoms with Gasteiger partial charge in [-0.2, -0.15) is 0 Å². The van der Waals surface area contributed by atoms with Crippen molar-refractivity contribution >= 4 is 35.6 Å². The van der Waals surface area contributed by atoms with Gasteiger partial charge in [0.2, 0.25) is 23.6 Å². The fourth-order valence-electron chi connectivity index (χ4n) is 3.19. The van der Waals surface area contributed by atoms with E-state index >= 15 is 0 Å². The van der Waals surface area contributed by atoms with E-state index in [1.54, 1.807) is 13.8 Å². The van der Waals surface area contributed by atoms with Crippen molar-refractivity contribution in [2.75, 3.05) is 13.1 Å². The van der Waals surface area contributed by atoms with Crippen molar-refractivity contribution in [2.24, 2.45) is 39.6 Å². The van der Waals surface area contributed by atoms with Gasteiger partial charge in [-0.15, -0.1) is 0 Å². The number of hydrogen-bond donors (Lipinski definition) is 9. The standard InChI is InChI=1S/C22H43N9O6/c1-12(2)17(25)20(35)30-13(7-5-11-28-22(26)27)18(33)29-14(8-9-16(24)32)19(34)31-15(21(36)37)6-3-4-10-23/h12-15,17H,3-11,23,25H2,1-2H3,(H2,24,32)(H,29,33)(H,30,35)(H,31,34)(H,36,37)(H4,26,27,28). The number of nitrogens with one attached hydrogen (secondary N) is 3. The van der Waals surface area contributed by atoms with E-state index in [0.717, 1.165) is 0 Å². The topological polar surface area (TPSA) is 284 Å². The summed E-state index contributed by atoms with van der Waals surface area (Å²) in [5.41, 5.74) is 27.1. The van der Waals surface area contributed by atoms with Crippen molar-refractivity contribution in [1.29, 1.82) is 0 Å². The lowest BCUT2D eigenvalue weighted by Gasteiger charge is -2.25. The number of amides is 4. The third-order valence-corrected chi connectivity index (χ3v) is 5.47. The summed E-state index contributed by atoms with van der Waals surface area (Å²) >= 11 is 0. The molecule has 0 aromatic carbocycles. The lowest BCUT2D eigenvalue weighted by Crippen LogP contribution is -2.57. The molecule has 212 valence electrons. The molecule has 15 nitrogen and oxygen atoms in total. The molecule has 0 aliphatic rings. The first-order valence-corrected chi connectivity index (χ1v) is 12.2. The molecule has 4 atom stereocenters. The number of carboxylic acids is 1. The second kappa shape index (κ2) is 17.9. The molecule has 4 amide bonds. The number of aliphatic imine (C=N–C) groups is 1. The zero-order chi connectivity index (χ0) is 28.5. The molecule has 0 rings (SSSR count). The number of guanidine groups is 1. The van der Waals surface area contributed by atoms with Gasteiger partial charge in [0.1, 0.15) is 18.1 Å². The molecule has 0 aliphatic heterocycles. The first-order chi connectivity index (χ1) is 17.3. The highest BCUT2D eigenvalue weighted by Crippen LogP contribution is 2.07. The van der Waals surface area contributed by atoms with Crippen LogP contribution in [0.25, 0.3) is 0 Å². The number of primary amides is 1. The number of carbonyl (C=O) groups is 5. The summed E-state index contributed by atoms with van der Waals surface area (Å²) < 4.78 is 0. The van der Waals surface area contributed by atoms with Crippen molar-refractivity contribution in [3.05, 3.63) is 0 Å². The van der Waals surface area contributed by atoms with E-state index in [4.69, 9.17) is 28.7 Å². The summed E-state index contributed by atoms with van der Waals surface area (Å²) in [6, 6.07) is -4.49. The Labute approximate surface area is 216 Å². The molecule has 0 radical (unpaired) electrons. The summed E-state index contributed by atoms with van der Waals surface area (Å²) in [6.45, 7) is 4.05. The van der Waals surface area contributed by atoms with Crippen LogP contribution in [0.5, 0.6) is 0 Å². The van der Waals surface area contributed by atoms with Crippen molar-refractivity contribution in [3.8, 4) is 0 Å². The van der Waals surface area contributed by atoms with Gasteiger partial charge in [0.25, 0.3) is 0 Å². The second-order valence-corrected chi connectivity index (χ2v) is 9.03. The number of rotatable bonds is 19. The molecule has 14 N–H and O–H groups in total. The number of hydrogen-bond acceptors (Lipinski definition) is 8. The summed E-state index contributed by atoms with van der Waals surface area (Å²) in [5, 5.41) is 16.9. The van der Waals surface area contributed by atoms with Crippen molar-refractivity contribution in [2.45, 2.75) is 83.0 Å². The van der Waals surface area contributed by atoms with Gasteiger partial charge in [0, 0.05) is 13.0 Å². The lowest BCUT2D eigenvalue weighted by molar-refractivity contribution is -0.142. The molecule has 0 heterocycles. The first-order valence-electron chi connectivity index (χ1n) is 12.2. The number of nitrogens with two attached hydrogens (primary N) is 5. The maximum Gasteiger partial charge on any atom is 0.326 e. The Morgan fingerprint density at radius 2 is 1.30 bits per heavy atom. The Hall–Kier alpha value is -3.46. The summed E-state index contributed by atoms with van der Waals surface area (Å²) in [7, 11) is 0. The molecule has 0 aromatic heterocycles. The van der Waals surface area contributed by atoms with Crippen LogP contribution < -0.4 is 44.6 Å². The molecule has 0 spiro atoms. The van der Waals surface area contributed by atoms with E-state index in [9.17, 15) is 29.1 Å². The second-order valence-electron chi connectivity index (χ2n) is 9.03. The summed E-state index contributed by atoms with van der Waals surface area (Å²) in [5.74, 6) is -4.40. The Bertz CT molecular complexity index is 802. The Morgan fingerprint density at radius 1 is 0.784 bits per heavy atom. The molecule has 0 saturated heterocycles. The van der Waals surface area contributed by atoms with E-state index in [1.807, 2.05) is 0 Å². The monoisotopic (exact) mass is 529 g/mol. The Balaban J connectivity index is 5.64. The van der Waals surface area contributed by atoms with Crippen molar-refractivity contribution in [1.82, 2.24) is 16.0 Å². The SMILES string of the molecule is CC(C)C(N)C(=O)NC(CCCN=C(N)N)C(=O)NC(CCC(N)=O)C(=O)NC(CCCCN)C(=O)O. The van der Waals surface area contributed by atoms with E-state index < -0.39 is 53.8 Å². The van der Waals surface area contributed by atoms with Crippen LogP contribution in [-0.4, -0.2) is 77.9 Å². The minimum Gasteiger partial charge on any atom is -0.480 e. The molecule has 0 aliphatic carbocycles. The fraction of sp³-hybridized carbons (Fsp3) is 0.727. The van der Waals surface area contributed by atoms with E-state index in [1.165, 1.54) is 0 Å². The average Bonchev–Trinajstić information content (AvgIpc) is 2.81. The van der Waals surface area contributed by atoms with Crippen molar-refractivity contribution in [3.63, 3.8) is 0 Å². The highest BCUT2D eigenvalue weighted by Gasteiger charge is 2.30. The number of carbonyl (C=O) groups excluding carboxylic acids is 4. The lowest BCUT2D eigenvalue weighted by atomic mass is 10.0. The molecule has 0 aromatic rings. The predicted octanol–water partition coefficient (Wildman–Crippen LogP) is -3.04. The Morgan fingerprint density at radius 3 is 1.78 bits per heavy atom. The normalized spacial score (nSPS) is 14.1. The van der Waals surface area contributed by atoms with Gasteiger partial charge in [0.15, 0.2) is 5.96 Å². The van der Waals surface area contributed by atoms with Gasteiger partial charge in [-0.05, 0) is 51.0 Å². The van der Waals surface area contributed by atoms with Crippen LogP contribution in [0.15, 0.2) is 4.99 Å². The minimum absolute atomic E-state index is 0.111. The minimum atomic E-state index is -1.28.